The van der Waals surface area contributed by atoms with Gasteiger partial charge in [0.2, 0.25) is 11.8 Å². The molecule has 0 aliphatic carbocycles. The SMILES string of the molecule is CCOC(=O)C(CC(C)C)NC(=O)C(CCC(N)=O)NC(=O)OCc1ccccc1. The molecule has 1 rings (SSSR count). The predicted molar refractivity (Wildman–Crippen MR) is 110 cm³/mol. The van der Waals surface area contributed by atoms with Crippen molar-refractivity contribution in [3.05, 3.63) is 35.9 Å². The second-order valence-electron chi connectivity index (χ2n) is 7.21. The zero-order valence-corrected chi connectivity index (χ0v) is 17.7. The number of amides is 3. The van der Waals surface area contributed by atoms with Crippen LogP contribution in [-0.2, 0) is 30.5 Å². The highest BCUT2D eigenvalue weighted by molar-refractivity contribution is 5.90. The Hall–Kier alpha value is -3.10. The highest BCUT2D eigenvalue weighted by atomic mass is 16.5. The lowest BCUT2D eigenvalue weighted by atomic mass is 10.0. The van der Waals surface area contributed by atoms with Crippen molar-refractivity contribution >= 4 is 23.9 Å². The molecule has 0 saturated carbocycles. The van der Waals surface area contributed by atoms with Crippen molar-refractivity contribution in [3.8, 4) is 0 Å². The maximum absolute atomic E-state index is 12.7. The number of hydrogen-bond donors (Lipinski definition) is 3. The molecule has 0 spiro atoms. The molecule has 30 heavy (non-hydrogen) atoms. The van der Waals surface area contributed by atoms with Gasteiger partial charge in [0.15, 0.2) is 0 Å². The van der Waals surface area contributed by atoms with Gasteiger partial charge in [-0.2, -0.15) is 0 Å². The number of esters is 1. The molecule has 0 saturated heterocycles. The van der Waals surface area contributed by atoms with Crippen LogP contribution in [0.5, 0.6) is 0 Å². The Balaban J connectivity index is 2.77. The molecule has 9 heteroatoms. The standard InChI is InChI=1S/C21H31N3O6/c1-4-29-20(27)17(12-14(2)3)23-19(26)16(10-11-18(22)25)24-21(28)30-13-15-8-6-5-7-9-15/h5-9,14,16-17H,4,10-13H2,1-3H3,(H2,22,25)(H,23,26)(H,24,28). The monoisotopic (exact) mass is 421 g/mol. The van der Waals surface area contributed by atoms with Crippen LogP contribution in [0.25, 0.3) is 0 Å². The van der Waals surface area contributed by atoms with Crippen LogP contribution in [-0.4, -0.2) is 42.6 Å². The minimum atomic E-state index is -1.09. The Kier molecular flexibility index (Phi) is 11.0. The first-order valence-corrected chi connectivity index (χ1v) is 9.95. The molecule has 0 bridgehead atoms. The molecular formula is C21H31N3O6. The zero-order valence-electron chi connectivity index (χ0n) is 17.7. The van der Waals surface area contributed by atoms with E-state index in [9.17, 15) is 19.2 Å². The van der Waals surface area contributed by atoms with Gasteiger partial charge in [0.1, 0.15) is 18.7 Å². The van der Waals surface area contributed by atoms with E-state index in [1.54, 1.807) is 19.1 Å². The third kappa shape index (κ3) is 9.90. The van der Waals surface area contributed by atoms with Crippen LogP contribution in [0, 0.1) is 5.92 Å². The van der Waals surface area contributed by atoms with Crippen LogP contribution in [0.4, 0.5) is 4.79 Å². The minimum absolute atomic E-state index is 0.0234. The number of carbonyl (C=O) groups excluding carboxylic acids is 4. The van der Waals surface area contributed by atoms with Crippen LogP contribution in [0.15, 0.2) is 30.3 Å². The molecule has 0 fully saturated rings. The van der Waals surface area contributed by atoms with E-state index < -0.39 is 36.0 Å². The largest absolute Gasteiger partial charge is 0.464 e. The summed E-state index contributed by atoms with van der Waals surface area (Å²) in [6.07, 6.45) is -0.601. The molecular weight excluding hydrogens is 390 g/mol. The van der Waals surface area contributed by atoms with Gasteiger partial charge in [-0.05, 0) is 31.2 Å². The predicted octanol–water partition coefficient (Wildman–Crippen LogP) is 1.64. The van der Waals surface area contributed by atoms with Gasteiger partial charge in [-0.15, -0.1) is 0 Å². The first kappa shape index (κ1) is 24.9. The molecule has 2 atom stereocenters. The minimum Gasteiger partial charge on any atom is -0.464 e. The molecule has 166 valence electrons. The van der Waals surface area contributed by atoms with Gasteiger partial charge in [0.05, 0.1) is 6.61 Å². The molecule has 0 aliphatic heterocycles. The summed E-state index contributed by atoms with van der Waals surface area (Å²) in [6, 6.07) is 7.08. The summed E-state index contributed by atoms with van der Waals surface area (Å²) in [5.74, 6) is -1.67. The lowest BCUT2D eigenvalue weighted by Gasteiger charge is -2.23. The van der Waals surface area contributed by atoms with Crippen LogP contribution >= 0.6 is 0 Å². The van der Waals surface area contributed by atoms with E-state index in [4.69, 9.17) is 15.2 Å². The number of alkyl carbamates (subject to hydrolysis) is 1. The van der Waals surface area contributed by atoms with Gasteiger partial charge in [0.25, 0.3) is 0 Å². The van der Waals surface area contributed by atoms with Gasteiger partial charge >= 0.3 is 12.1 Å². The quantitative estimate of drug-likeness (QED) is 0.439. The summed E-state index contributed by atoms with van der Waals surface area (Å²) in [6.45, 7) is 5.69. The highest BCUT2D eigenvalue weighted by Crippen LogP contribution is 2.09. The highest BCUT2D eigenvalue weighted by Gasteiger charge is 2.28. The maximum atomic E-state index is 12.7. The van der Waals surface area contributed by atoms with Gasteiger partial charge in [-0.25, -0.2) is 9.59 Å². The number of ether oxygens (including phenoxy) is 2. The normalized spacial score (nSPS) is 12.5. The Labute approximate surface area is 176 Å². The Morgan fingerprint density at radius 2 is 1.67 bits per heavy atom. The third-order valence-electron chi connectivity index (χ3n) is 4.10. The van der Waals surface area contributed by atoms with Gasteiger partial charge in [0, 0.05) is 6.42 Å². The van der Waals surface area contributed by atoms with E-state index in [2.05, 4.69) is 10.6 Å². The molecule has 0 heterocycles. The number of nitrogens with one attached hydrogen (secondary N) is 2. The van der Waals surface area contributed by atoms with Crippen molar-refractivity contribution in [2.45, 2.75) is 58.7 Å². The van der Waals surface area contributed by atoms with Crippen molar-refractivity contribution in [1.29, 1.82) is 0 Å². The van der Waals surface area contributed by atoms with Gasteiger partial charge in [-0.3, -0.25) is 9.59 Å². The molecule has 0 aromatic heterocycles. The number of carbonyl (C=O) groups is 4. The average Bonchev–Trinajstić information content (AvgIpc) is 2.69. The fourth-order valence-electron chi connectivity index (χ4n) is 2.66. The first-order valence-electron chi connectivity index (χ1n) is 9.95. The number of nitrogens with two attached hydrogens (primary N) is 1. The zero-order chi connectivity index (χ0) is 22.5. The summed E-state index contributed by atoms with van der Waals surface area (Å²) in [7, 11) is 0. The second-order valence-corrected chi connectivity index (χ2v) is 7.21. The summed E-state index contributed by atoms with van der Waals surface area (Å²) in [5.41, 5.74) is 5.96. The van der Waals surface area contributed by atoms with Crippen molar-refractivity contribution in [2.24, 2.45) is 11.7 Å². The van der Waals surface area contributed by atoms with Crippen LogP contribution < -0.4 is 16.4 Å². The summed E-state index contributed by atoms with van der Waals surface area (Å²) in [5, 5.41) is 5.04. The van der Waals surface area contributed by atoms with E-state index in [1.807, 2.05) is 32.0 Å². The molecule has 1 aromatic rings. The molecule has 1 aromatic carbocycles. The summed E-state index contributed by atoms with van der Waals surface area (Å²) >= 11 is 0. The van der Waals surface area contributed by atoms with Crippen molar-refractivity contribution in [3.63, 3.8) is 0 Å². The summed E-state index contributed by atoms with van der Waals surface area (Å²) < 4.78 is 10.1. The van der Waals surface area contributed by atoms with Crippen molar-refractivity contribution in [1.82, 2.24) is 10.6 Å². The maximum Gasteiger partial charge on any atom is 0.408 e. The van der Waals surface area contributed by atoms with E-state index >= 15 is 0 Å². The Morgan fingerprint density at radius 3 is 2.23 bits per heavy atom. The molecule has 2 unspecified atom stereocenters. The smallest absolute Gasteiger partial charge is 0.408 e. The number of hydrogen-bond acceptors (Lipinski definition) is 6. The van der Waals surface area contributed by atoms with Gasteiger partial charge in [-0.1, -0.05) is 44.2 Å². The first-order chi connectivity index (χ1) is 14.2. The lowest BCUT2D eigenvalue weighted by molar-refractivity contribution is -0.148. The van der Waals surface area contributed by atoms with E-state index in [1.165, 1.54) is 0 Å². The van der Waals surface area contributed by atoms with Crippen LogP contribution in [0.1, 0.15) is 45.6 Å². The molecule has 3 amide bonds. The molecule has 9 nitrogen and oxygen atoms in total. The fourth-order valence-corrected chi connectivity index (χ4v) is 2.66. The molecule has 0 aliphatic rings. The summed E-state index contributed by atoms with van der Waals surface area (Å²) in [4.78, 5) is 48.2. The lowest BCUT2D eigenvalue weighted by Crippen LogP contribution is -2.52. The van der Waals surface area contributed by atoms with Crippen LogP contribution in [0.3, 0.4) is 0 Å². The number of rotatable bonds is 12. The molecule has 4 N–H and O–H groups in total. The number of primary amides is 1. The van der Waals surface area contributed by atoms with E-state index in [-0.39, 0.29) is 32.0 Å². The Morgan fingerprint density at radius 1 is 1.00 bits per heavy atom. The average molecular weight is 421 g/mol. The van der Waals surface area contributed by atoms with E-state index in [0.717, 1.165) is 5.56 Å². The Bertz CT molecular complexity index is 708. The number of benzene rings is 1. The third-order valence-corrected chi connectivity index (χ3v) is 4.10. The van der Waals surface area contributed by atoms with E-state index in [0.29, 0.717) is 6.42 Å². The second kappa shape index (κ2) is 13.2. The topological polar surface area (TPSA) is 137 Å². The van der Waals surface area contributed by atoms with Crippen molar-refractivity contribution < 1.29 is 28.7 Å². The van der Waals surface area contributed by atoms with Crippen molar-refractivity contribution in [2.75, 3.05) is 6.61 Å². The van der Waals surface area contributed by atoms with Crippen LogP contribution in [0.2, 0.25) is 0 Å². The van der Waals surface area contributed by atoms with Gasteiger partial charge < -0.3 is 25.8 Å². The fraction of sp³-hybridized carbons (Fsp3) is 0.524. The molecule has 0 radical (unpaired) electrons.